The summed E-state index contributed by atoms with van der Waals surface area (Å²) in [4.78, 5) is 20.9. The quantitative estimate of drug-likeness (QED) is 0.510. The molecule has 0 spiro atoms. The number of fused-ring (bicyclic) bond motifs is 1. The standard InChI is InChI=1S/C22H18N4O3S/c1-15-5-4-6-16(13-15)22(27)24-17-9-11-18(12-10-17)30(28,29)26-21-14-23-19-7-2-3-8-20(19)25-21/h2-14H,1H3,(H,24,27)(H,25,26). The van der Waals surface area contributed by atoms with Crippen molar-refractivity contribution in [1.29, 1.82) is 0 Å². The average molecular weight is 418 g/mol. The monoisotopic (exact) mass is 418 g/mol. The molecule has 8 heteroatoms. The number of sulfonamides is 1. The van der Waals surface area contributed by atoms with E-state index in [1.807, 2.05) is 19.1 Å². The topological polar surface area (TPSA) is 101 Å². The van der Waals surface area contributed by atoms with Gasteiger partial charge in [-0.2, -0.15) is 0 Å². The lowest BCUT2D eigenvalue weighted by Gasteiger charge is -2.09. The maximum Gasteiger partial charge on any atom is 0.263 e. The predicted molar refractivity (Wildman–Crippen MR) is 116 cm³/mol. The van der Waals surface area contributed by atoms with Crippen LogP contribution in [0.15, 0.2) is 83.9 Å². The molecule has 1 heterocycles. The fourth-order valence-electron chi connectivity index (χ4n) is 2.91. The summed E-state index contributed by atoms with van der Waals surface area (Å²) < 4.78 is 27.8. The summed E-state index contributed by atoms with van der Waals surface area (Å²) in [7, 11) is -3.85. The largest absolute Gasteiger partial charge is 0.322 e. The molecule has 0 saturated carbocycles. The first-order chi connectivity index (χ1) is 14.4. The zero-order chi connectivity index (χ0) is 21.1. The number of para-hydroxylation sites is 2. The number of aromatic nitrogens is 2. The molecule has 0 radical (unpaired) electrons. The van der Waals surface area contributed by atoms with Gasteiger partial charge in [-0.15, -0.1) is 0 Å². The number of hydrogen-bond donors (Lipinski definition) is 2. The van der Waals surface area contributed by atoms with E-state index in [0.717, 1.165) is 5.56 Å². The highest BCUT2D eigenvalue weighted by Gasteiger charge is 2.16. The third kappa shape index (κ3) is 4.28. The smallest absolute Gasteiger partial charge is 0.263 e. The van der Waals surface area contributed by atoms with Gasteiger partial charge in [-0.3, -0.25) is 14.5 Å². The van der Waals surface area contributed by atoms with Crippen LogP contribution in [0.1, 0.15) is 15.9 Å². The number of carbonyl (C=O) groups is 1. The van der Waals surface area contributed by atoms with Crippen molar-refractivity contribution in [3.8, 4) is 0 Å². The van der Waals surface area contributed by atoms with E-state index in [0.29, 0.717) is 22.3 Å². The summed E-state index contributed by atoms with van der Waals surface area (Å²) in [5, 5.41) is 2.76. The first kappa shape index (κ1) is 19.5. The van der Waals surface area contributed by atoms with Crippen LogP contribution in [0, 0.1) is 6.92 Å². The van der Waals surface area contributed by atoms with E-state index >= 15 is 0 Å². The Hall–Kier alpha value is -3.78. The Kier molecular flexibility index (Phi) is 5.16. The van der Waals surface area contributed by atoms with Crippen LogP contribution < -0.4 is 10.0 Å². The van der Waals surface area contributed by atoms with E-state index in [9.17, 15) is 13.2 Å². The molecule has 0 saturated heterocycles. The van der Waals surface area contributed by atoms with E-state index in [-0.39, 0.29) is 16.6 Å². The molecule has 30 heavy (non-hydrogen) atoms. The highest BCUT2D eigenvalue weighted by molar-refractivity contribution is 7.92. The molecule has 0 bridgehead atoms. The Balaban J connectivity index is 1.50. The molecule has 0 fully saturated rings. The van der Waals surface area contributed by atoms with Crippen molar-refractivity contribution in [2.45, 2.75) is 11.8 Å². The highest BCUT2D eigenvalue weighted by atomic mass is 32.2. The van der Waals surface area contributed by atoms with Gasteiger partial charge in [0.05, 0.1) is 22.1 Å². The van der Waals surface area contributed by atoms with Crippen molar-refractivity contribution in [2.75, 3.05) is 10.0 Å². The zero-order valence-electron chi connectivity index (χ0n) is 16.0. The minimum Gasteiger partial charge on any atom is -0.322 e. The molecule has 1 amide bonds. The van der Waals surface area contributed by atoms with Gasteiger partial charge < -0.3 is 5.32 Å². The lowest BCUT2D eigenvalue weighted by atomic mass is 10.1. The van der Waals surface area contributed by atoms with Crippen molar-refractivity contribution in [2.24, 2.45) is 0 Å². The molecule has 3 aromatic carbocycles. The molecule has 0 aliphatic rings. The van der Waals surface area contributed by atoms with Crippen LogP contribution in [0.25, 0.3) is 11.0 Å². The van der Waals surface area contributed by atoms with Gasteiger partial charge in [0.25, 0.3) is 15.9 Å². The lowest BCUT2D eigenvalue weighted by molar-refractivity contribution is 0.102. The number of aryl methyl sites for hydroxylation is 1. The molecule has 0 aliphatic heterocycles. The Morgan fingerprint density at radius 3 is 2.37 bits per heavy atom. The molecule has 0 atom stereocenters. The van der Waals surface area contributed by atoms with E-state index in [4.69, 9.17) is 0 Å². The summed E-state index contributed by atoms with van der Waals surface area (Å²) in [5.41, 5.74) is 3.27. The second-order valence-corrected chi connectivity index (χ2v) is 8.38. The number of nitrogens with one attached hydrogen (secondary N) is 2. The second kappa shape index (κ2) is 7.92. The molecule has 1 aromatic heterocycles. The third-order valence-electron chi connectivity index (χ3n) is 4.39. The van der Waals surface area contributed by atoms with Crippen LogP contribution in [-0.4, -0.2) is 24.3 Å². The van der Waals surface area contributed by atoms with E-state index < -0.39 is 10.0 Å². The fourth-order valence-corrected chi connectivity index (χ4v) is 3.90. The Morgan fingerprint density at radius 1 is 0.900 bits per heavy atom. The van der Waals surface area contributed by atoms with Gasteiger partial charge in [-0.25, -0.2) is 13.4 Å². The van der Waals surface area contributed by atoms with Gasteiger partial charge >= 0.3 is 0 Å². The lowest BCUT2D eigenvalue weighted by Crippen LogP contribution is -2.15. The van der Waals surface area contributed by atoms with Gasteiger partial charge in [-0.1, -0.05) is 29.8 Å². The molecular weight excluding hydrogens is 400 g/mol. The molecule has 0 aliphatic carbocycles. The van der Waals surface area contributed by atoms with Crippen LogP contribution >= 0.6 is 0 Å². The maximum atomic E-state index is 12.7. The van der Waals surface area contributed by atoms with Crippen molar-refractivity contribution < 1.29 is 13.2 Å². The van der Waals surface area contributed by atoms with Crippen LogP contribution in [0.2, 0.25) is 0 Å². The Bertz CT molecular complexity index is 1340. The molecule has 4 rings (SSSR count). The summed E-state index contributed by atoms with van der Waals surface area (Å²) >= 11 is 0. The van der Waals surface area contributed by atoms with Gasteiger partial charge in [-0.05, 0) is 55.5 Å². The van der Waals surface area contributed by atoms with Crippen LogP contribution in [0.3, 0.4) is 0 Å². The normalized spacial score (nSPS) is 11.2. The molecule has 0 unspecified atom stereocenters. The number of hydrogen-bond acceptors (Lipinski definition) is 5. The highest BCUT2D eigenvalue weighted by Crippen LogP contribution is 2.19. The van der Waals surface area contributed by atoms with Gasteiger partial charge in [0.1, 0.15) is 0 Å². The molecule has 2 N–H and O–H groups in total. The summed E-state index contributed by atoms with van der Waals surface area (Å²) in [5.74, 6) is -0.135. The van der Waals surface area contributed by atoms with Crippen LogP contribution in [0.4, 0.5) is 11.5 Å². The van der Waals surface area contributed by atoms with Gasteiger partial charge in [0.15, 0.2) is 5.82 Å². The van der Waals surface area contributed by atoms with Gasteiger partial charge in [0, 0.05) is 11.3 Å². The van der Waals surface area contributed by atoms with E-state index in [2.05, 4.69) is 20.0 Å². The zero-order valence-corrected chi connectivity index (χ0v) is 16.8. The number of carbonyl (C=O) groups excluding carboxylic acids is 1. The van der Waals surface area contributed by atoms with Crippen molar-refractivity contribution in [3.05, 3.63) is 90.1 Å². The first-order valence-electron chi connectivity index (χ1n) is 9.13. The molecular formula is C22H18N4O3S. The summed E-state index contributed by atoms with van der Waals surface area (Å²) in [6.07, 6.45) is 1.37. The van der Waals surface area contributed by atoms with E-state index in [1.165, 1.54) is 30.5 Å². The summed E-state index contributed by atoms with van der Waals surface area (Å²) in [6, 6.07) is 20.3. The fraction of sp³-hybridized carbons (Fsp3) is 0.0455. The first-order valence-corrected chi connectivity index (χ1v) is 10.6. The summed E-state index contributed by atoms with van der Waals surface area (Å²) in [6.45, 7) is 1.91. The van der Waals surface area contributed by atoms with Crippen molar-refractivity contribution >= 4 is 38.5 Å². The average Bonchev–Trinajstić information content (AvgIpc) is 2.74. The minimum absolute atomic E-state index is 0.0472. The predicted octanol–water partition coefficient (Wildman–Crippen LogP) is 3.99. The Labute approximate surface area is 173 Å². The number of anilines is 2. The SMILES string of the molecule is Cc1cccc(C(=O)Nc2ccc(S(=O)(=O)Nc3cnc4ccccc4n3)cc2)c1. The molecule has 150 valence electrons. The molecule has 7 nitrogen and oxygen atoms in total. The number of benzene rings is 3. The number of nitrogens with zero attached hydrogens (tertiary/aromatic N) is 2. The number of amides is 1. The maximum absolute atomic E-state index is 12.7. The van der Waals surface area contributed by atoms with Crippen molar-refractivity contribution in [3.63, 3.8) is 0 Å². The van der Waals surface area contributed by atoms with Crippen LogP contribution in [0.5, 0.6) is 0 Å². The Morgan fingerprint density at radius 2 is 1.63 bits per heavy atom. The van der Waals surface area contributed by atoms with E-state index in [1.54, 1.807) is 36.4 Å². The van der Waals surface area contributed by atoms with Crippen molar-refractivity contribution in [1.82, 2.24) is 9.97 Å². The molecule has 4 aromatic rings. The third-order valence-corrected chi connectivity index (χ3v) is 5.76. The number of rotatable bonds is 5. The van der Waals surface area contributed by atoms with Gasteiger partial charge in [0.2, 0.25) is 0 Å². The minimum atomic E-state index is -3.85. The van der Waals surface area contributed by atoms with Crippen LogP contribution in [-0.2, 0) is 10.0 Å². The second-order valence-electron chi connectivity index (χ2n) is 6.70.